The summed E-state index contributed by atoms with van der Waals surface area (Å²) in [5, 5.41) is 14.5. The second-order valence-electron chi connectivity index (χ2n) is 9.50. The molecular weight excluding hydrogens is 466 g/mol. The van der Waals surface area contributed by atoms with Gasteiger partial charge in [0.05, 0.1) is 24.5 Å². The summed E-state index contributed by atoms with van der Waals surface area (Å²) in [5.74, 6) is 0.635. The molecule has 188 valence electrons. The Labute approximate surface area is 214 Å². The second-order valence-corrected chi connectivity index (χ2v) is 9.50. The molecule has 4 aromatic rings. The van der Waals surface area contributed by atoms with Crippen LogP contribution in [0.3, 0.4) is 0 Å². The number of rotatable bonds is 6. The molecule has 0 saturated carbocycles. The summed E-state index contributed by atoms with van der Waals surface area (Å²) < 4.78 is 3.56. The van der Waals surface area contributed by atoms with Gasteiger partial charge < -0.3 is 10.3 Å². The van der Waals surface area contributed by atoms with Crippen molar-refractivity contribution in [3.05, 3.63) is 89.0 Å². The SMILES string of the molecule is CN1C=C(c2ccc(=O)n(Cc3cccc(-c4ncc(-c5cnn(C6CCNCC6)c5)cn4)c3)n2)CN1. The van der Waals surface area contributed by atoms with Crippen molar-refractivity contribution in [2.75, 3.05) is 26.7 Å². The average Bonchev–Trinajstić information content (AvgIpc) is 3.61. The van der Waals surface area contributed by atoms with Gasteiger partial charge in [-0.25, -0.2) is 20.1 Å². The first-order chi connectivity index (χ1) is 18.1. The van der Waals surface area contributed by atoms with E-state index in [-0.39, 0.29) is 5.56 Å². The van der Waals surface area contributed by atoms with Crippen LogP contribution in [0.25, 0.3) is 28.1 Å². The van der Waals surface area contributed by atoms with Gasteiger partial charge in [-0.05, 0) is 43.6 Å². The van der Waals surface area contributed by atoms with Crippen LogP contribution in [0.5, 0.6) is 0 Å². The molecule has 1 fully saturated rings. The van der Waals surface area contributed by atoms with Crippen molar-refractivity contribution >= 4 is 5.57 Å². The molecule has 1 aromatic carbocycles. The van der Waals surface area contributed by atoms with Crippen LogP contribution >= 0.6 is 0 Å². The second kappa shape index (κ2) is 10.1. The van der Waals surface area contributed by atoms with E-state index in [0.29, 0.717) is 25.0 Å². The first-order valence-corrected chi connectivity index (χ1v) is 12.5. The fourth-order valence-corrected chi connectivity index (χ4v) is 4.79. The molecule has 2 aliphatic rings. The maximum atomic E-state index is 12.5. The van der Waals surface area contributed by atoms with E-state index in [1.807, 2.05) is 61.1 Å². The van der Waals surface area contributed by atoms with E-state index >= 15 is 0 Å². The smallest absolute Gasteiger partial charge is 0.267 e. The highest BCUT2D eigenvalue weighted by Gasteiger charge is 2.17. The molecule has 6 rings (SSSR count). The predicted octanol–water partition coefficient (Wildman–Crippen LogP) is 2.33. The molecule has 0 atom stereocenters. The van der Waals surface area contributed by atoms with E-state index in [9.17, 15) is 4.79 Å². The topological polar surface area (TPSA) is 106 Å². The summed E-state index contributed by atoms with van der Waals surface area (Å²) in [6, 6.07) is 11.7. The van der Waals surface area contributed by atoms with Gasteiger partial charge in [-0.2, -0.15) is 10.2 Å². The number of hydrazine groups is 1. The maximum absolute atomic E-state index is 12.5. The first-order valence-electron chi connectivity index (χ1n) is 12.5. The number of hydrogen-bond donors (Lipinski definition) is 2. The van der Waals surface area contributed by atoms with Crippen molar-refractivity contribution in [2.45, 2.75) is 25.4 Å². The molecule has 0 spiro atoms. The summed E-state index contributed by atoms with van der Waals surface area (Å²) in [4.78, 5) is 21.8. The number of benzene rings is 1. The molecule has 0 aliphatic carbocycles. The Hall–Kier alpha value is -4.15. The number of nitrogens with one attached hydrogen (secondary N) is 2. The molecule has 10 heteroatoms. The highest BCUT2D eigenvalue weighted by atomic mass is 16.1. The van der Waals surface area contributed by atoms with Crippen molar-refractivity contribution in [3.63, 3.8) is 0 Å². The molecule has 2 N–H and O–H groups in total. The summed E-state index contributed by atoms with van der Waals surface area (Å²) in [5.41, 5.74) is 8.69. The van der Waals surface area contributed by atoms with Crippen LogP contribution in [0.2, 0.25) is 0 Å². The molecule has 37 heavy (non-hydrogen) atoms. The van der Waals surface area contributed by atoms with Gasteiger partial charge in [-0.15, -0.1) is 0 Å². The fraction of sp³-hybridized carbons (Fsp3) is 0.296. The summed E-state index contributed by atoms with van der Waals surface area (Å²) in [6.07, 6.45) is 11.8. The molecule has 0 unspecified atom stereocenters. The molecule has 0 amide bonds. The van der Waals surface area contributed by atoms with Gasteiger partial charge in [0, 0.05) is 66.7 Å². The lowest BCUT2D eigenvalue weighted by Gasteiger charge is -2.22. The number of nitrogens with zero attached hydrogens (tertiary/aromatic N) is 7. The third-order valence-electron chi connectivity index (χ3n) is 6.85. The minimum absolute atomic E-state index is 0.139. The van der Waals surface area contributed by atoms with Crippen molar-refractivity contribution in [1.82, 2.24) is 45.3 Å². The number of piperidine rings is 1. The zero-order valence-corrected chi connectivity index (χ0v) is 20.7. The molecule has 3 aromatic heterocycles. The lowest BCUT2D eigenvalue weighted by Crippen LogP contribution is -2.29. The Morgan fingerprint density at radius 3 is 2.62 bits per heavy atom. The van der Waals surface area contributed by atoms with Gasteiger partial charge in [0.15, 0.2) is 5.82 Å². The normalized spacial score (nSPS) is 16.2. The van der Waals surface area contributed by atoms with Crippen LogP contribution in [0.15, 0.2) is 72.2 Å². The van der Waals surface area contributed by atoms with Crippen LogP contribution in [0, 0.1) is 0 Å². The third kappa shape index (κ3) is 5.07. The molecule has 2 aliphatic heterocycles. The zero-order valence-electron chi connectivity index (χ0n) is 20.7. The Morgan fingerprint density at radius 1 is 1.00 bits per heavy atom. The van der Waals surface area contributed by atoms with Crippen LogP contribution in [0.4, 0.5) is 0 Å². The third-order valence-corrected chi connectivity index (χ3v) is 6.85. The van der Waals surface area contributed by atoms with Crippen LogP contribution in [-0.2, 0) is 6.54 Å². The van der Waals surface area contributed by atoms with Crippen LogP contribution < -0.4 is 16.3 Å². The molecular formula is C27H29N9O. The zero-order chi connectivity index (χ0) is 25.2. The van der Waals surface area contributed by atoms with Gasteiger partial charge in [-0.3, -0.25) is 9.48 Å². The predicted molar refractivity (Wildman–Crippen MR) is 141 cm³/mol. The Bertz CT molecular complexity index is 1480. The first kappa shape index (κ1) is 23.3. The van der Waals surface area contributed by atoms with Gasteiger partial charge >= 0.3 is 0 Å². The average molecular weight is 496 g/mol. The quantitative estimate of drug-likeness (QED) is 0.420. The Kier molecular flexibility index (Phi) is 6.33. The van der Waals surface area contributed by atoms with Crippen molar-refractivity contribution < 1.29 is 0 Å². The summed E-state index contributed by atoms with van der Waals surface area (Å²) in [7, 11) is 1.94. The Morgan fingerprint density at radius 2 is 1.84 bits per heavy atom. The highest BCUT2D eigenvalue weighted by Crippen LogP contribution is 2.24. The van der Waals surface area contributed by atoms with Gasteiger partial charge in [-0.1, -0.05) is 18.2 Å². The van der Waals surface area contributed by atoms with Crippen LogP contribution in [0.1, 0.15) is 30.1 Å². The highest BCUT2D eigenvalue weighted by molar-refractivity contribution is 5.65. The van der Waals surface area contributed by atoms with E-state index < -0.39 is 0 Å². The van der Waals surface area contributed by atoms with Crippen molar-refractivity contribution in [3.8, 4) is 22.5 Å². The minimum Gasteiger partial charge on any atom is -0.318 e. The van der Waals surface area contributed by atoms with Crippen LogP contribution in [-0.4, -0.2) is 61.2 Å². The van der Waals surface area contributed by atoms with Crippen molar-refractivity contribution in [1.29, 1.82) is 0 Å². The largest absolute Gasteiger partial charge is 0.318 e. The lowest BCUT2D eigenvalue weighted by atomic mass is 10.1. The van der Waals surface area contributed by atoms with E-state index in [1.165, 1.54) is 4.68 Å². The molecule has 0 radical (unpaired) electrons. The molecule has 1 saturated heterocycles. The van der Waals surface area contributed by atoms with E-state index in [4.69, 9.17) is 0 Å². The molecule has 5 heterocycles. The maximum Gasteiger partial charge on any atom is 0.267 e. The van der Waals surface area contributed by atoms with Gasteiger partial charge in [0.2, 0.25) is 0 Å². The summed E-state index contributed by atoms with van der Waals surface area (Å²) in [6.45, 7) is 3.11. The van der Waals surface area contributed by atoms with E-state index in [1.54, 1.807) is 12.1 Å². The minimum atomic E-state index is -0.139. The van der Waals surface area contributed by atoms with Gasteiger partial charge in [0.1, 0.15) is 0 Å². The summed E-state index contributed by atoms with van der Waals surface area (Å²) >= 11 is 0. The van der Waals surface area contributed by atoms with E-state index in [2.05, 4.69) is 41.8 Å². The monoisotopic (exact) mass is 495 g/mol. The van der Waals surface area contributed by atoms with E-state index in [0.717, 1.165) is 59.5 Å². The number of hydrogen-bond acceptors (Lipinski definition) is 8. The standard InChI is InChI=1S/C27H29N9O/c1-34-17-23(15-31-34)25-5-6-26(37)36(33-25)16-19-3-2-4-20(11-19)27-29-12-21(13-30-27)22-14-32-35(18-22)24-7-9-28-10-8-24/h2-6,11-14,17-18,24,28,31H,7-10,15-16H2,1H3. The fourth-order valence-electron chi connectivity index (χ4n) is 4.79. The lowest BCUT2D eigenvalue weighted by molar-refractivity contribution is 0.343. The van der Waals surface area contributed by atoms with Crippen molar-refractivity contribution in [2.24, 2.45) is 0 Å². The molecule has 10 nitrogen and oxygen atoms in total. The Balaban J connectivity index is 1.19. The van der Waals surface area contributed by atoms with Gasteiger partial charge in [0.25, 0.3) is 5.56 Å². The molecule has 0 bridgehead atoms. The number of aromatic nitrogens is 6.